The van der Waals surface area contributed by atoms with Crippen LogP contribution in [0.1, 0.15) is 33.1 Å². The van der Waals surface area contributed by atoms with Gasteiger partial charge in [0, 0.05) is 17.3 Å². The number of anilines is 1. The first-order chi connectivity index (χ1) is 9.74. The Hall–Kier alpha value is -1.77. The van der Waals surface area contributed by atoms with Crippen LogP contribution in [0.4, 0.5) is 5.69 Å². The third-order valence-corrected chi connectivity index (χ3v) is 4.48. The number of nitrogens with one attached hydrogen (secondary N) is 1. The second-order valence-corrected chi connectivity index (χ2v) is 6.00. The van der Waals surface area contributed by atoms with Crippen LogP contribution in [0.25, 0.3) is 11.3 Å². The van der Waals surface area contributed by atoms with Gasteiger partial charge < -0.3 is 9.73 Å². The maximum absolute atomic E-state index is 5.31. The summed E-state index contributed by atoms with van der Waals surface area (Å²) in [7, 11) is 0. The minimum atomic E-state index is 0.583. The quantitative estimate of drug-likeness (QED) is 0.887. The van der Waals surface area contributed by atoms with Gasteiger partial charge in [0.2, 0.25) is 0 Å². The van der Waals surface area contributed by atoms with Crippen LogP contribution >= 0.6 is 0 Å². The summed E-state index contributed by atoms with van der Waals surface area (Å²) >= 11 is 0. The van der Waals surface area contributed by atoms with Crippen molar-refractivity contribution >= 4 is 5.69 Å². The van der Waals surface area contributed by atoms with Crippen molar-refractivity contribution in [3.8, 4) is 11.3 Å². The molecule has 1 saturated carbocycles. The number of rotatable bonds is 3. The first-order valence-electron chi connectivity index (χ1n) is 7.49. The summed E-state index contributed by atoms with van der Waals surface area (Å²) in [5.74, 6) is 2.30. The van der Waals surface area contributed by atoms with Gasteiger partial charge in [0.25, 0.3) is 0 Å². The summed E-state index contributed by atoms with van der Waals surface area (Å²) < 4.78 is 5.31. The van der Waals surface area contributed by atoms with Crippen LogP contribution in [-0.2, 0) is 0 Å². The predicted octanol–water partition coefficient (Wildman–Crippen LogP) is 4.58. The number of benzene rings is 1. The molecule has 2 atom stereocenters. The molecule has 1 aliphatic carbocycles. The smallest absolute Gasteiger partial charge is 0.181 e. The standard InChI is InChI=1S/C17H22N2O/c1-12-4-3-5-13(2)17(12)19-15-8-6-14(7-9-15)16-10-18-11-20-16/h6-13,17,19H,3-5H2,1-2H3. The fourth-order valence-corrected chi connectivity index (χ4v) is 3.25. The number of hydrogen-bond acceptors (Lipinski definition) is 3. The van der Waals surface area contributed by atoms with E-state index >= 15 is 0 Å². The van der Waals surface area contributed by atoms with Crippen molar-refractivity contribution in [1.29, 1.82) is 0 Å². The summed E-state index contributed by atoms with van der Waals surface area (Å²) in [5, 5.41) is 3.71. The van der Waals surface area contributed by atoms with Gasteiger partial charge in [-0.1, -0.05) is 20.3 Å². The molecular weight excluding hydrogens is 248 g/mol. The van der Waals surface area contributed by atoms with Crippen LogP contribution < -0.4 is 5.32 Å². The average molecular weight is 270 g/mol. The molecule has 0 aliphatic heterocycles. The van der Waals surface area contributed by atoms with E-state index in [1.54, 1.807) is 6.20 Å². The lowest BCUT2D eigenvalue weighted by Gasteiger charge is -2.35. The Balaban J connectivity index is 1.71. The van der Waals surface area contributed by atoms with Gasteiger partial charge in [-0.2, -0.15) is 0 Å². The molecule has 1 N–H and O–H groups in total. The molecule has 1 aliphatic rings. The molecule has 0 saturated heterocycles. The van der Waals surface area contributed by atoms with Crippen molar-refractivity contribution < 1.29 is 4.42 Å². The van der Waals surface area contributed by atoms with Gasteiger partial charge in [0.15, 0.2) is 12.2 Å². The average Bonchev–Trinajstić information content (AvgIpc) is 2.98. The highest BCUT2D eigenvalue weighted by Gasteiger charge is 2.27. The van der Waals surface area contributed by atoms with Gasteiger partial charge in [-0.15, -0.1) is 0 Å². The third-order valence-electron chi connectivity index (χ3n) is 4.48. The topological polar surface area (TPSA) is 38.1 Å². The highest BCUT2D eigenvalue weighted by Crippen LogP contribution is 2.31. The van der Waals surface area contributed by atoms with Crippen LogP contribution in [0, 0.1) is 11.8 Å². The molecule has 3 nitrogen and oxygen atoms in total. The fraction of sp³-hybridized carbons (Fsp3) is 0.471. The summed E-state index contributed by atoms with van der Waals surface area (Å²) in [4.78, 5) is 3.95. The van der Waals surface area contributed by atoms with E-state index in [4.69, 9.17) is 4.42 Å². The molecule has 1 aromatic carbocycles. The Kier molecular flexibility index (Phi) is 3.77. The van der Waals surface area contributed by atoms with Gasteiger partial charge in [-0.3, -0.25) is 0 Å². The van der Waals surface area contributed by atoms with Crippen LogP contribution in [-0.4, -0.2) is 11.0 Å². The van der Waals surface area contributed by atoms with E-state index in [0.29, 0.717) is 6.04 Å². The molecule has 0 bridgehead atoms. The number of oxazole rings is 1. The number of hydrogen-bond donors (Lipinski definition) is 1. The van der Waals surface area contributed by atoms with E-state index in [-0.39, 0.29) is 0 Å². The van der Waals surface area contributed by atoms with E-state index in [1.165, 1.54) is 31.3 Å². The second-order valence-electron chi connectivity index (χ2n) is 6.00. The summed E-state index contributed by atoms with van der Waals surface area (Å²) in [6.07, 6.45) is 7.24. The Morgan fingerprint density at radius 3 is 2.40 bits per heavy atom. The molecule has 1 fully saturated rings. The van der Waals surface area contributed by atoms with Crippen molar-refractivity contribution in [3.05, 3.63) is 36.9 Å². The first-order valence-corrected chi connectivity index (χ1v) is 7.49. The minimum Gasteiger partial charge on any atom is -0.444 e. The molecule has 0 radical (unpaired) electrons. The molecule has 2 aromatic rings. The number of aromatic nitrogens is 1. The van der Waals surface area contributed by atoms with E-state index in [2.05, 4.69) is 48.4 Å². The van der Waals surface area contributed by atoms with Crippen LogP contribution in [0.5, 0.6) is 0 Å². The van der Waals surface area contributed by atoms with Crippen LogP contribution in [0.3, 0.4) is 0 Å². The molecule has 3 heteroatoms. The predicted molar refractivity (Wildman–Crippen MR) is 81.5 cm³/mol. The summed E-state index contributed by atoms with van der Waals surface area (Å²) in [5.41, 5.74) is 2.26. The van der Waals surface area contributed by atoms with Crippen molar-refractivity contribution in [1.82, 2.24) is 4.98 Å². The Morgan fingerprint density at radius 1 is 1.10 bits per heavy atom. The summed E-state index contributed by atoms with van der Waals surface area (Å²) in [6.45, 7) is 4.71. The fourth-order valence-electron chi connectivity index (χ4n) is 3.25. The lowest BCUT2D eigenvalue weighted by atomic mass is 9.78. The molecule has 0 spiro atoms. The molecule has 3 rings (SSSR count). The van der Waals surface area contributed by atoms with Crippen molar-refractivity contribution in [2.24, 2.45) is 11.8 Å². The maximum atomic E-state index is 5.31. The lowest BCUT2D eigenvalue weighted by Crippen LogP contribution is -2.36. The molecule has 0 amide bonds. The maximum Gasteiger partial charge on any atom is 0.181 e. The first kappa shape index (κ1) is 13.2. The lowest BCUT2D eigenvalue weighted by molar-refractivity contribution is 0.268. The van der Waals surface area contributed by atoms with Gasteiger partial charge in [-0.05, 0) is 48.9 Å². The zero-order valence-corrected chi connectivity index (χ0v) is 12.2. The van der Waals surface area contributed by atoms with E-state index in [1.807, 2.05) is 0 Å². The molecule has 106 valence electrons. The van der Waals surface area contributed by atoms with E-state index < -0.39 is 0 Å². The van der Waals surface area contributed by atoms with Gasteiger partial charge in [0.05, 0.1) is 6.20 Å². The molecule has 2 unspecified atom stereocenters. The minimum absolute atomic E-state index is 0.583. The third kappa shape index (κ3) is 2.72. The van der Waals surface area contributed by atoms with E-state index in [9.17, 15) is 0 Å². The highest BCUT2D eigenvalue weighted by atomic mass is 16.3. The molecule has 1 heterocycles. The van der Waals surface area contributed by atoms with E-state index in [0.717, 1.165) is 23.2 Å². The normalized spacial score (nSPS) is 26.4. The molecular formula is C17H22N2O. The molecule has 20 heavy (non-hydrogen) atoms. The van der Waals surface area contributed by atoms with Gasteiger partial charge in [0.1, 0.15) is 0 Å². The highest BCUT2D eigenvalue weighted by molar-refractivity contribution is 5.60. The largest absolute Gasteiger partial charge is 0.444 e. The summed E-state index contributed by atoms with van der Waals surface area (Å²) in [6, 6.07) is 9.01. The monoisotopic (exact) mass is 270 g/mol. The zero-order valence-electron chi connectivity index (χ0n) is 12.2. The van der Waals surface area contributed by atoms with Crippen molar-refractivity contribution in [2.45, 2.75) is 39.2 Å². The number of nitrogens with zero attached hydrogens (tertiary/aromatic N) is 1. The SMILES string of the molecule is CC1CCCC(C)C1Nc1ccc(-c2cnco2)cc1. The Labute approximate surface area is 120 Å². The van der Waals surface area contributed by atoms with Crippen molar-refractivity contribution in [2.75, 3.05) is 5.32 Å². The Bertz CT molecular complexity index is 523. The zero-order chi connectivity index (χ0) is 13.9. The van der Waals surface area contributed by atoms with Crippen molar-refractivity contribution in [3.63, 3.8) is 0 Å². The van der Waals surface area contributed by atoms with Crippen LogP contribution in [0.2, 0.25) is 0 Å². The second kappa shape index (κ2) is 5.70. The van der Waals surface area contributed by atoms with Gasteiger partial charge >= 0.3 is 0 Å². The van der Waals surface area contributed by atoms with Crippen LogP contribution in [0.15, 0.2) is 41.3 Å². The van der Waals surface area contributed by atoms with Gasteiger partial charge in [-0.25, -0.2) is 4.98 Å². The molecule has 1 aromatic heterocycles. The Morgan fingerprint density at radius 2 is 1.80 bits per heavy atom.